The summed E-state index contributed by atoms with van der Waals surface area (Å²) in [5.74, 6) is -0.623. The molecule has 2 heterocycles. The number of hydroxylamine groups is 1. The molecule has 2 aromatic heterocycles. The summed E-state index contributed by atoms with van der Waals surface area (Å²) in [7, 11) is 0. The first kappa shape index (κ1) is 9.80. The van der Waals surface area contributed by atoms with E-state index in [1.54, 1.807) is 11.7 Å². The lowest BCUT2D eigenvalue weighted by molar-refractivity contribution is 0.0702. The fourth-order valence-electron chi connectivity index (χ4n) is 2.00. The van der Waals surface area contributed by atoms with E-state index in [4.69, 9.17) is 5.21 Å². The number of pyridine rings is 1. The Morgan fingerprint density at radius 3 is 2.88 bits per heavy atom. The molecule has 84 valence electrons. The third-order valence-electron chi connectivity index (χ3n) is 2.74. The Morgan fingerprint density at radius 2 is 2.06 bits per heavy atom. The first-order chi connectivity index (χ1) is 8.31. The maximum Gasteiger partial charge on any atom is 0.295 e. The van der Waals surface area contributed by atoms with Gasteiger partial charge in [0.2, 0.25) is 0 Å². The first-order valence-electron chi connectivity index (χ1n) is 5.11. The Balaban J connectivity index is 2.43. The third-order valence-corrected chi connectivity index (χ3v) is 2.74. The summed E-state index contributed by atoms with van der Waals surface area (Å²) in [6.07, 6.45) is 1.55. The average molecular weight is 227 g/mol. The molecule has 0 atom stereocenters. The van der Waals surface area contributed by atoms with E-state index in [2.05, 4.69) is 9.97 Å². The second-order valence-corrected chi connectivity index (χ2v) is 3.69. The van der Waals surface area contributed by atoms with E-state index < -0.39 is 5.91 Å². The molecule has 0 unspecified atom stereocenters. The fraction of sp³-hybridized carbons (Fsp3) is 0. The molecule has 0 saturated carbocycles. The molecule has 0 fully saturated rings. The molecule has 0 saturated heterocycles. The van der Waals surface area contributed by atoms with Gasteiger partial charge in [-0.2, -0.15) is 0 Å². The lowest BCUT2D eigenvalue weighted by Crippen LogP contribution is -2.20. The van der Waals surface area contributed by atoms with Crippen molar-refractivity contribution in [2.45, 2.75) is 0 Å². The zero-order valence-corrected chi connectivity index (χ0v) is 8.77. The Hall–Kier alpha value is -2.40. The van der Waals surface area contributed by atoms with Crippen molar-refractivity contribution < 1.29 is 10.0 Å². The summed E-state index contributed by atoms with van der Waals surface area (Å²) < 4.78 is 0. The predicted molar refractivity (Wildman–Crippen MR) is 62.9 cm³/mol. The van der Waals surface area contributed by atoms with E-state index in [-0.39, 0.29) is 5.69 Å². The van der Waals surface area contributed by atoms with Crippen molar-refractivity contribution in [3.63, 3.8) is 0 Å². The Kier molecular flexibility index (Phi) is 2.06. The largest absolute Gasteiger partial charge is 0.353 e. The maximum atomic E-state index is 11.5. The number of para-hydroxylation sites is 1. The molecule has 3 N–H and O–H groups in total. The van der Waals surface area contributed by atoms with E-state index in [1.807, 2.05) is 30.3 Å². The Morgan fingerprint density at radius 1 is 1.24 bits per heavy atom. The van der Waals surface area contributed by atoms with E-state index in [0.29, 0.717) is 5.52 Å². The maximum absolute atomic E-state index is 11.5. The highest BCUT2D eigenvalue weighted by atomic mass is 16.5. The van der Waals surface area contributed by atoms with Gasteiger partial charge in [0.1, 0.15) is 0 Å². The van der Waals surface area contributed by atoms with Gasteiger partial charge in [0.15, 0.2) is 5.69 Å². The predicted octanol–water partition coefficient (Wildman–Crippen LogP) is 1.84. The molecule has 0 radical (unpaired) electrons. The molecule has 0 aliphatic heterocycles. The summed E-state index contributed by atoms with van der Waals surface area (Å²) >= 11 is 0. The number of aromatic amines is 1. The summed E-state index contributed by atoms with van der Waals surface area (Å²) in [5, 5.41) is 10.6. The summed E-state index contributed by atoms with van der Waals surface area (Å²) in [5.41, 5.74) is 3.34. The highest BCUT2D eigenvalue weighted by Crippen LogP contribution is 2.26. The molecule has 1 amide bonds. The van der Waals surface area contributed by atoms with Crippen molar-refractivity contribution in [3.8, 4) is 0 Å². The molecule has 0 bridgehead atoms. The minimum Gasteiger partial charge on any atom is -0.353 e. The fourth-order valence-corrected chi connectivity index (χ4v) is 2.00. The van der Waals surface area contributed by atoms with Gasteiger partial charge >= 0.3 is 0 Å². The molecule has 5 nitrogen and oxygen atoms in total. The highest BCUT2D eigenvalue weighted by molar-refractivity contribution is 6.13. The van der Waals surface area contributed by atoms with Crippen LogP contribution in [0.5, 0.6) is 0 Å². The number of carbonyl (C=O) groups is 1. The average Bonchev–Trinajstić information content (AvgIpc) is 2.76. The number of amides is 1. The molecule has 0 spiro atoms. The summed E-state index contributed by atoms with van der Waals surface area (Å²) in [6, 6.07) is 9.58. The number of carbonyl (C=O) groups excluding carboxylic acids is 1. The monoisotopic (exact) mass is 227 g/mol. The Bertz CT molecular complexity index is 718. The van der Waals surface area contributed by atoms with Gasteiger partial charge in [0, 0.05) is 22.5 Å². The highest BCUT2D eigenvalue weighted by Gasteiger charge is 2.13. The number of H-pyrrole nitrogens is 1. The number of nitrogens with one attached hydrogen (secondary N) is 2. The number of aromatic nitrogens is 2. The molecule has 0 aliphatic carbocycles. The number of nitrogens with zero attached hydrogens (tertiary/aromatic N) is 1. The van der Waals surface area contributed by atoms with Crippen molar-refractivity contribution in [3.05, 3.63) is 42.2 Å². The van der Waals surface area contributed by atoms with Crippen molar-refractivity contribution in [2.24, 2.45) is 0 Å². The second-order valence-electron chi connectivity index (χ2n) is 3.69. The van der Waals surface area contributed by atoms with E-state index in [1.165, 1.54) is 0 Å². The molecule has 3 rings (SSSR count). The standard InChI is InChI=1S/C12H9N3O2/c16-12(15-17)11-10-8(5-6-13-11)7-3-1-2-4-9(7)14-10/h1-6,14,17H,(H,15,16). The van der Waals surface area contributed by atoms with Crippen molar-refractivity contribution in [2.75, 3.05) is 0 Å². The molecule has 17 heavy (non-hydrogen) atoms. The molecule has 1 aromatic carbocycles. The minimum atomic E-state index is -0.623. The van der Waals surface area contributed by atoms with E-state index >= 15 is 0 Å². The van der Waals surface area contributed by atoms with Crippen LogP contribution in [0.3, 0.4) is 0 Å². The van der Waals surface area contributed by atoms with Crippen LogP contribution in [0, 0.1) is 0 Å². The van der Waals surface area contributed by atoms with Gasteiger partial charge in [-0.05, 0) is 12.1 Å². The van der Waals surface area contributed by atoms with Gasteiger partial charge in [0.05, 0.1) is 5.52 Å². The van der Waals surface area contributed by atoms with Gasteiger partial charge in [-0.15, -0.1) is 0 Å². The van der Waals surface area contributed by atoms with Crippen LogP contribution >= 0.6 is 0 Å². The van der Waals surface area contributed by atoms with Crippen molar-refractivity contribution in [1.29, 1.82) is 0 Å². The number of hydrogen-bond donors (Lipinski definition) is 3. The Labute approximate surface area is 96.0 Å². The van der Waals surface area contributed by atoms with Gasteiger partial charge in [-0.3, -0.25) is 10.0 Å². The van der Waals surface area contributed by atoms with Gasteiger partial charge in [0.25, 0.3) is 5.91 Å². The lowest BCUT2D eigenvalue weighted by Gasteiger charge is -1.98. The van der Waals surface area contributed by atoms with Gasteiger partial charge in [-0.1, -0.05) is 18.2 Å². The zero-order valence-electron chi connectivity index (χ0n) is 8.77. The summed E-state index contributed by atoms with van der Waals surface area (Å²) in [6.45, 7) is 0. The van der Waals surface area contributed by atoms with Crippen LogP contribution < -0.4 is 5.48 Å². The van der Waals surface area contributed by atoms with Crippen LogP contribution in [0.4, 0.5) is 0 Å². The minimum absolute atomic E-state index is 0.182. The van der Waals surface area contributed by atoms with Gasteiger partial charge < -0.3 is 4.98 Å². The number of rotatable bonds is 1. The van der Waals surface area contributed by atoms with E-state index in [0.717, 1.165) is 16.3 Å². The summed E-state index contributed by atoms with van der Waals surface area (Å²) in [4.78, 5) is 18.6. The molecule has 3 aromatic rings. The molecule has 0 aliphatic rings. The number of hydrogen-bond acceptors (Lipinski definition) is 3. The van der Waals surface area contributed by atoms with E-state index in [9.17, 15) is 4.79 Å². The van der Waals surface area contributed by atoms with Crippen molar-refractivity contribution in [1.82, 2.24) is 15.4 Å². The smallest absolute Gasteiger partial charge is 0.295 e. The zero-order chi connectivity index (χ0) is 11.8. The quantitative estimate of drug-likeness (QED) is 0.438. The van der Waals surface area contributed by atoms with Crippen LogP contribution in [0.25, 0.3) is 21.8 Å². The topological polar surface area (TPSA) is 78.0 Å². The molecule has 5 heteroatoms. The lowest BCUT2D eigenvalue weighted by atomic mass is 10.1. The van der Waals surface area contributed by atoms with Crippen LogP contribution in [-0.4, -0.2) is 21.1 Å². The number of fused-ring (bicyclic) bond motifs is 3. The van der Waals surface area contributed by atoms with Crippen molar-refractivity contribution >= 4 is 27.7 Å². The number of benzene rings is 1. The van der Waals surface area contributed by atoms with Crippen LogP contribution in [-0.2, 0) is 0 Å². The van der Waals surface area contributed by atoms with Crippen LogP contribution in [0.15, 0.2) is 36.5 Å². The van der Waals surface area contributed by atoms with Gasteiger partial charge in [-0.25, -0.2) is 10.5 Å². The third kappa shape index (κ3) is 1.37. The molecular formula is C12H9N3O2. The second kappa shape index (κ2) is 3.57. The van der Waals surface area contributed by atoms with Crippen LogP contribution in [0.1, 0.15) is 10.5 Å². The molecular weight excluding hydrogens is 218 g/mol. The van der Waals surface area contributed by atoms with Crippen LogP contribution in [0.2, 0.25) is 0 Å². The SMILES string of the molecule is O=C(NO)c1nccc2c1[nH]c1ccccc12. The normalized spacial score (nSPS) is 10.9. The first-order valence-corrected chi connectivity index (χ1v) is 5.11.